The number of halogens is 1. The molecule has 1 saturated heterocycles. The monoisotopic (exact) mass is 474 g/mol. The zero-order valence-electron chi connectivity index (χ0n) is 15.6. The van der Waals surface area contributed by atoms with E-state index in [1.807, 2.05) is 0 Å². The lowest BCUT2D eigenvalue weighted by atomic mass is 10.2. The van der Waals surface area contributed by atoms with E-state index in [0.717, 1.165) is 28.7 Å². The van der Waals surface area contributed by atoms with E-state index in [1.165, 1.54) is 0 Å². The van der Waals surface area contributed by atoms with Crippen molar-refractivity contribution in [1.29, 1.82) is 0 Å². The van der Waals surface area contributed by atoms with Crippen LogP contribution in [0.15, 0.2) is 29.3 Å². The molecule has 0 saturated carbocycles. The average molecular weight is 474 g/mol. The van der Waals surface area contributed by atoms with E-state index >= 15 is 0 Å². The van der Waals surface area contributed by atoms with Gasteiger partial charge in [-0.15, -0.1) is 0 Å². The molecule has 0 atom stereocenters. The Morgan fingerprint density at radius 2 is 2.06 bits per heavy atom. The maximum Gasteiger partial charge on any atom is 0.345 e. The summed E-state index contributed by atoms with van der Waals surface area (Å²) in [6, 6.07) is 2.68. The van der Waals surface area contributed by atoms with Crippen molar-refractivity contribution in [2.75, 3.05) is 38.2 Å². The number of thiazole rings is 1. The zero-order valence-corrected chi connectivity index (χ0v) is 17.3. The smallest absolute Gasteiger partial charge is 0.345 e. The number of nitrogens with zero attached hydrogens (tertiary/aromatic N) is 3. The Hall–Kier alpha value is -3.01. The highest BCUT2D eigenvalue weighted by atomic mass is 32.2. The first-order valence-electron chi connectivity index (χ1n) is 8.63. The first kappa shape index (κ1) is 22.7. The van der Waals surface area contributed by atoms with Crippen molar-refractivity contribution in [3.63, 3.8) is 0 Å². The SMILES string of the molecule is O=C(COC(=O)c1cc(S(=O)(=O)N2CCOCC2)ccc1F)Nc1ncc([N+](=O)[O-])s1. The first-order valence-corrected chi connectivity index (χ1v) is 10.9. The van der Waals surface area contributed by atoms with Gasteiger partial charge in [0, 0.05) is 13.1 Å². The molecule has 1 N–H and O–H groups in total. The van der Waals surface area contributed by atoms with E-state index in [0.29, 0.717) is 11.3 Å². The van der Waals surface area contributed by atoms with Crippen molar-refractivity contribution >= 4 is 43.4 Å². The summed E-state index contributed by atoms with van der Waals surface area (Å²) in [5.74, 6) is -3.14. The van der Waals surface area contributed by atoms with Gasteiger partial charge >= 0.3 is 11.0 Å². The van der Waals surface area contributed by atoms with E-state index < -0.39 is 44.8 Å². The van der Waals surface area contributed by atoms with Crippen LogP contribution >= 0.6 is 11.3 Å². The van der Waals surface area contributed by atoms with Gasteiger partial charge in [0.05, 0.1) is 28.6 Å². The minimum Gasteiger partial charge on any atom is -0.452 e. The maximum atomic E-state index is 14.1. The van der Waals surface area contributed by atoms with E-state index in [2.05, 4.69) is 10.3 Å². The highest BCUT2D eigenvalue weighted by molar-refractivity contribution is 7.89. The number of morpholine rings is 1. The number of hydrogen-bond donors (Lipinski definition) is 1. The quantitative estimate of drug-likeness (QED) is 0.351. The highest BCUT2D eigenvalue weighted by Crippen LogP contribution is 2.25. The molecule has 2 aromatic rings. The Balaban J connectivity index is 1.66. The zero-order chi connectivity index (χ0) is 22.6. The predicted octanol–water partition coefficient (Wildman–Crippen LogP) is 1.01. The van der Waals surface area contributed by atoms with Crippen LogP contribution in [0, 0.1) is 15.9 Å². The summed E-state index contributed by atoms with van der Waals surface area (Å²) in [4.78, 5) is 37.3. The molecule has 1 aromatic heterocycles. The number of ether oxygens (including phenoxy) is 2. The summed E-state index contributed by atoms with van der Waals surface area (Å²) in [5, 5.41) is 12.4. The molecule has 2 heterocycles. The van der Waals surface area contributed by atoms with Gasteiger partial charge in [-0.25, -0.2) is 22.6 Å². The minimum absolute atomic E-state index is 0.0856. The summed E-state index contributed by atoms with van der Waals surface area (Å²) < 4.78 is 50.4. The number of amides is 1. The molecule has 12 nitrogen and oxygen atoms in total. The van der Waals surface area contributed by atoms with Crippen LogP contribution in [0.5, 0.6) is 0 Å². The van der Waals surface area contributed by atoms with Crippen LogP contribution in [-0.2, 0) is 24.3 Å². The fourth-order valence-electron chi connectivity index (χ4n) is 2.53. The van der Waals surface area contributed by atoms with Gasteiger partial charge in [0.15, 0.2) is 11.7 Å². The molecule has 0 bridgehead atoms. The number of carbonyl (C=O) groups is 2. The van der Waals surface area contributed by atoms with Gasteiger partial charge < -0.3 is 9.47 Å². The van der Waals surface area contributed by atoms with Gasteiger partial charge in [-0.05, 0) is 29.5 Å². The average Bonchev–Trinajstić information content (AvgIpc) is 3.21. The summed E-state index contributed by atoms with van der Waals surface area (Å²) in [5.41, 5.74) is -0.660. The number of nitro groups is 1. The molecule has 1 fully saturated rings. The van der Waals surface area contributed by atoms with E-state index in [-0.39, 0.29) is 41.3 Å². The fraction of sp³-hybridized carbons (Fsp3) is 0.312. The summed E-state index contributed by atoms with van der Waals surface area (Å²) in [6.07, 6.45) is 0.946. The lowest BCUT2D eigenvalue weighted by Crippen LogP contribution is -2.40. The van der Waals surface area contributed by atoms with E-state index in [9.17, 15) is 32.5 Å². The Kier molecular flexibility index (Phi) is 6.89. The van der Waals surface area contributed by atoms with Crippen LogP contribution in [0.25, 0.3) is 0 Å². The third-order valence-electron chi connectivity index (χ3n) is 4.02. The Morgan fingerprint density at radius 1 is 1.35 bits per heavy atom. The number of esters is 1. The second kappa shape index (κ2) is 9.42. The van der Waals surface area contributed by atoms with Crippen LogP contribution < -0.4 is 5.32 Å². The number of aromatic nitrogens is 1. The fourth-order valence-corrected chi connectivity index (χ4v) is 4.61. The second-order valence-electron chi connectivity index (χ2n) is 6.04. The number of anilines is 1. The summed E-state index contributed by atoms with van der Waals surface area (Å²) in [6.45, 7) is -0.172. The van der Waals surface area contributed by atoms with Crippen molar-refractivity contribution < 1.29 is 36.8 Å². The van der Waals surface area contributed by atoms with Gasteiger partial charge in [-0.2, -0.15) is 4.31 Å². The number of nitrogens with one attached hydrogen (secondary N) is 1. The molecule has 0 spiro atoms. The van der Waals surface area contributed by atoms with Gasteiger partial charge in [0.2, 0.25) is 10.0 Å². The standard InChI is InChI=1S/C16H15FN4O8S2/c17-12-2-1-10(31(26,27)20-3-5-28-6-4-20)7-11(12)15(23)29-9-13(22)19-16-18-8-14(30-16)21(24)25/h1-2,7-8H,3-6,9H2,(H,18,19,22). The number of rotatable bonds is 7. The summed E-state index contributed by atoms with van der Waals surface area (Å²) >= 11 is 0.598. The van der Waals surface area contributed by atoms with Crippen LogP contribution in [0.1, 0.15) is 10.4 Å². The second-order valence-corrected chi connectivity index (χ2v) is 8.99. The van der Waals surface area contributed by atoms with Crippen molar-refractivity contribution in [3.8, 4) is 0 Å². The molecular weight excluding hydrogens is 459 g/mol. The van der Waals surface area contributed by atoms with Crippen LogP contribution in [0.2, 0.25) is 0 Å². The molecule has 166 valence electrons. The predicted molar refractivity (Wildman–Crippen MR) is 104 cm³/mol. The molecule has 0 aliphatic carbocycles. The van der Waals surface area contributed by atoms with Crippen molar-refractivity contribution in [2.45, 2.75) is 4.90 Å². The van der Waals surface area contributed by atoms with E-state index in [4.69, 9.17) is 9.47 Å². The Labute approximate surface area is 178 Å². The number of carbonyl (C=O) groups excluding carboxylic acids is 2. The van der Waals surface area contributed by atoms with Gasteiger partial charge in [0.25, 0.3) is 5.91 Å². The molecule has 1 aliphatic rings. The molecule has 15 heteroatoms. The van der Waals surface area contributed by atoms with Crippen LogP contribution in [0.3, 0.4) is 0 Å². The number of benzene rings is 1. The van der Waals surface area contributed by atoms with Gasteiger partial charge in [0.1, 0.15) is 12.0 Å². The maximum absolute atomic E-state index is 14.1. The largest absolute Gasteiger partial charge is 0.452 e. The first-order chi connectivity index (χ1) is 14.7. The van der Waals surface area contributed by atoms with Crippen molar-refractivity contribution in [2.24, 2.45) is 0 Å². The van der Waals surface area contributed by atoms with E-state index in [1.54, 1.807) is 0 Å². The molecule has 1 aromatic carbocycles. The third-order valence-corrected chi connectivity index (χ3v) is 6.78. The molecule has 0 radical (unpaired) electrons. The van der Waals surface area contributed by atoms with Crippen LogP contribution in [-0.4, -0.2) is 67.4 Å². The molecule has 31 heavy (non-hydrogen) atoms. The number of hydrogen-bond acceptors (Lipinski definition) is 10. The molecule has 1 amide bonds. The minimum atomic E-state index is -3.97. The lowest BCUT2D eigenvalue weighted by molar-refractivity contribution is -0.380. The lowest BCUT2D eigenvalue weighted by Gasteiger charge is -2.26. The molecule has 1 aliphatic heterocycles. The normalized spacial score (nSPS) is 14.7. The highest BCUT2D eigenvalue weighted by Gasteiger charge is 2.28. The third kappa shape index (κ3) is 5.38. The Morgan fingerprint density at radius 3 is 2.71 bits per heavy atom. The molecular formula is C16H15FN4O8S2. The van der Waals surface area contributed by atoms with Crippen LogP contribution in [0.4, 0.5) is 14.5 Å². The molecule has 0 unspecified atom stereocenters. The van der Waals surface area contributed by atoms with Crippen molar-refractivity contribution in [1.82, 2.24) is 9.29 Å². The molecule has 3 rings (SSSR count). The Bertz CT molecular complexity index is 1110. The summed E-state index contributed by atoms with van der Waals surface area (Å²) in [7, 11) is -3.97. The number of sulfonamides is 1. The van der Waals surface area contributed by atoms with Crippen molar-refractivity contribution in [3.05, 3.63) is 45.9 Å². The van der Waals surface area contributed by atoms with Gasteiger partial charge in [-0.1, -0.05) is 0 Å². The topological polar surface area (TPSA) is 158 Å². The van der Waals surface area contributed by atoms with Gasteiger partial charge in [-0.3, -0.25) is 20.2 Å².